The maximum Gasteiger partial charge on any atom is 0.225 e. The van der Waals surface area contributed by atoms with Gasteiger partial charge in [-0.3, -0.25) is 14.6 Å². The smallest absolute Gasteiger partial charge is 0.225 e. The van der Waals surface area contributed by atoms with Crippen LogP contribution in [0.3, 0.4) is 0 Å². The molecule has 5 heteroatoms. The second-order valence-corrected chi connectivity index (χ2v) is 6.20. The van der Waals surface area contributed by atoms with Gasteiger partial charge in [-0.2, -0.15) is 0 Å². The van der Waals surface area contributed by atoms with E-state index in [1.807, 2.05) is 17.0 Å². The molecule has 1 amide bonds. The fourth-order valence-corrected chi connectivity index (χ4v) is 3.41. The summed E-state index contributed by atoms with van der Waals surface area (Å²) in [6, 6.07) is 5.43. The lowest BCUT2D eigenvalue weighted by atomic mass is 9.89. The zero-order valence-electron chi connectivity index (χ0n) is 12.8. The van der Waals surface area contributed by atoms with Gasteiger partial charge in [0, 0.05) is 31.1 Å². The summed E-state index contributed by atoms with van der Waals surface area (Å²) in [5, 5.41) is 3.29. The van der Waals surface area contributed by atoms with E-state index in [1.54, 1.807) is 12.3 Å². The van der Waals surface area contributed by atoms with E-state index >= 15 is 0 Å². The molecule has 3 rings (SSSR count). The molecule has 0 atom stereocenters. The van der Waals surface area contributed by atoms with Crippen LogP contribution in [-0.4, -0.2) is 47.8 Å². The lowest BCUT2D eigenvalue weighted by molar-refractivity contribution is -0.137. The van der Waals surface area contributed by atoms with Crippen LogP contribution in [0.2, 0.25) is 0 Å². The molecule has 1 N–H and O–H groups in total. The van der Waals surface area contributed by atoms with Gasteiger partial charge in [-0.25, -0.2) is 0 Å². The van der Waals surface area contributed by atoms with E-state index in [9.17, 15) is 9.59 Å². The lowest BCUT2D eigenvalue weighted by Gasteiger charge is -2.34. The average molecular weight is 301 g/mol. The molecule has 22 heavy (non-hydrogen) atoms. The molecule has 0 spiro atoms. The number of aromatic nitrogens is 1. The zero-order chi connectivity index (χ0) is 15.4. The van der Waals surface area contributed by atoms with Crippen LogP contribution in [0.5, 0.6) is 0 Å². The van der Waals surface area contributed by atoms with E-state index in [-0.39, 0.29) is 23.5 Å². The lowest BCUT2D eigenvalue weighted by Crippen LogP contribution is -2.45. The molecule has 2 aliphatic rings. The Morgan fingerprint density at radius 2 is 1.77 bits per heavy atom. The largest absolute Gasteiger partial charge is 0.342 e. The number of pyridine rings is 1. The Bertz CT molecular complexity index is 518. The van der Waals surface area contributed by atoms with Crippen LogP contribution < -0.4 is 5.32 Å². The molecule has 2 aliphatic heterocycles. The van der Waals surface area contributed by atoms with E-state index in [4.69, 9.17) is 0 Å². The minimum Gasteiger partial charge on any atom is -0.342 e. The first kappa shape index (κ1) is 15.2. The number of Topliss-reactive ketones (excluding diaryl/α,β-unsaturated/α-hetero) is 1. The standard InChI is InChI=1S/C17H23N3O2/c21-16(15-3-1-2-8-19-15)13-6-11-20(12-7-13)17(22)14-4-9-18-10-5-14/h1-3,8,13-14,18H,4-7,9-12H2. The molecule has 0 aromatic carbocycles. The van der Waals surface area contributed by atoms with E-state index < -0.39 is 0 Å². The SMILES string of the molecule is O=C(c1ccccn1)C1CCN(C(=O)C2CCNCC2)CC1. The highest BCUT2D eigenvalue weighted by atomic mass is 16.2. The molecule has 118 valence electrons. The fourth-order valence-electron chi connectivity index (χ4n) is 3.41. The Labute approximate surface area is 131 Å². The Kier molecular flexibility index (Phi) is 4.83. The molecule has 2 fully saturated rings. The number of nitrogens with one attached hydrogen (secondary N) is 1. The van der Waals surface area contributed by atoms with Crippen molar-refractivity contribution in [1.29, 1.82) is 0 Å². The third kappa shape index (κ3) is 3.35. The Morgan fingerprint density at radius 3 is 2.41 bits per heavy atom. The summed E-state index contributed by atoms with van der Waals surface area (Å²) in [6.45, 7) is 3.27. The zero-order valence-corrected chi connectivity index (χ0v) is 12.8. The van der Waals surface area contributed by atoms with Crippen molar-refractivity contribution in [3.8, 4) is 0 Å². The third-order valence-corrected chi connectivity index (χ3v) is 4.78. The molecule has 3 heterocycles. The van der Waals surface area contributed by atoms with Crippen LogP contribution in [0.25, 0.3) is 0 Å². The number of carbonyl (C=O) groups excluding carboxylic acids is 2. The summed E-state index contributed by atoms with van der Waals surface area (Å²) >= 11 is 0. The highest BCUT2D eigenvalue weighted by molar-refractivity contribution is 5.96. The maximum atomic E-state index is 12.5. The molecule has 0 bridgehead atoms. The normalized spacial score (nSPS) is 20.8. The molecule has 2 saturated heterocycles. The molecule has 1 aromatic rings. The van der Waals surface area contributed by atoms with Gasteiger partial charge in [0.1, 0.15) is 5.69 Å². The topological polar surface area (TPSA) is 62.3 Å². The number of hydrogen-bond acceptors (Lipinski definition) is 4. The van der Waals surface area contributed by atoms with Crippen LogP contribution in [0.15, 0.2) is 24.4 Å². The van der Waals surface area contributed by atoms with Crippen molar-refractivity contribution in [2.24, 2.45) is 11.8 Å². The van der Waals surface area contributed by atoms with E-state index in [2.05, 4.69) is 10.3 Å². The van der Waals surface area contributed by atoms with Crippen LogP contribution in [0.1, 0.15) is 36.2 Å². The number of nitrogens with zero attached hydrogens (tertiary/aromatic N) is 2. The van der Waals surface area contributed by atoms with Gasteiger partial charge in [0.2, 0.25) is 5.91 Å². The Morgan fingerprint density at radius 1 is 1.05 bits per heavy atom. The summed E-state index contributed by atoms with van der Waals surface area (Å²) in [5.41, 5.74) is 0.547. The van der Waals surface area contributed by atoms with Crippen molar-refractivity contribution >= 4 is 11.7 Å². The molecule has 0 unspecified atom stereocenters. The first-order valence-electron chi connectivity index (χ1n) is 8.20. The van der Waals surface area contributed by atoms with Gasteiger partial charge in [0.15, 0.2) is 5.78 Å². The van der Waals surface area contributed by atoms with Gasteiger partial charge in [0.05, 0.1) is 0 Å². The first-order valence-corrected chi connectivity index (χ1v) is 8.20. The summed E-state index contributed by atoms with van der Waals surface area (Å²) in [4.78, 5) is 31.0. The quantitative estimate of drug-likeness (QED) is 0.860. The average Bonchev–Trinajstić information content (AvgIpc) is 2.62. The molecule has 5 nitrogen and oxygen atoms in total. The monoisotopic (exact) mass is 301 g/mol. The Hall–Kier alpha value is -1.75. The van der Waals surface area contributed by atoms with E-state index in [1.165, 1.54) is 0 Å². The number of carbonyl (C=O) groups is 2. The molecular formula is C17H23N3O2. The highest BCUT2D eigenvalue weighted by Crippen LogP contribution is 2.24. The summed E-state index contributed by atoms with van der Waals surface area (Å²) in [6.07, 6.45) is 5.04. The van der Waals surface area contributed by atoms with Gasteiger partial charge in [-0.05, 0) is 50.9 Å². The minimum absolute atomic E-state index is 0.00646. The summed E-state index contributed by atoms with van der Waals surface area (Å²) < 4.78 is 0. The van der Waals surface area contributed by atoms with Crippen molar-refractivity contribution in [2.45, 2.75) is 25.7 Å². The number of piperidine rings is 2. The summed E-state index contributed by atoms with van der Waals surface area (Å²) in [7, 11) is 0. The number of rotatable bonds is 3. The first-order chi connectivity index (χ1) is 10.8. The second kappa shape index (κ2) is 7.01. The van der Waals surface area contributed by atoms with Gasteiger partial charge < -0.3 is 10.2 Å². The minimum atomic E-state index is 0.00646. The van der Waals surface area contributed by atoms with Gasteiger partial charge in [-0.15, -0.1) is 0 Å². The number of hydrogen-bond donors (Lipinski definition) is 1. The number of likely N-dealkylation sites (tertiary alicyclic amines) is 1. The fraction of sp³-hybridized carbons (Fsp3) is 0.588. The van der Waals surface area contributed by atoms with Gasteiger partial charge >= 0.3 is 0 Å². The van der Waals surface area contributed by atoms with Crippen molar-refractivity contribution < 1.29 is 9.59 Å². The van der Waals surface area contributed by atoms with Crippen LogP contribution in [-0.2, 0) is 4.79 Å². The maximum absolute atomic E-state index is 12.5. The number of amides is 1. The highest BCUT2D eigenvalue weighted by Gasteiger charge is 2.31. The predicted octanol–water partition coefficient (Wildman–Crippen LogP) is 1.50. The van der Waals surface area contributed by atoms with Crippen LogP contribution in [0, 0.1) is 11.8 Å². The summed E-state index contributed by atoms with van der Waals surface area (Å²) in [5.74, 6) is 0.580. The third-order valence-electron chi connectivity index (χ3n) is 4.78. The molecule has 0 aliphatic carbocycles. The molecule has 1 aromatic heterocycles. The van der Waals surface area contributed by atoms with E-state index in [0.29, 0.717) is 18.8 Å². The predicted molar refractivity (Wildman–Crippen MR) is 83.5 cm³/mol. The second-order valence-electron chi connectivity index (χ2n) is 6.20. The van der Waals surface area contributed by atoms with Gasteiger partial charge in [0.25, 0.3) is 0 Å². The van der Waals surface area contributed by atoms with Crippen molar-refractivity contribution in [2.75, 3.05) is 26.2 Å². The van der Waals surface area contributed by atoms with Gasteiger partial charge in [-0.1, -0.05) is 6.07 Å². The Balaban J connectivity index is 1.54. The molecule has 0 radical (unpaired) electrons. The van der Waals surface area contributed by atoms with Crippen LogP contribution >= 0.6 is 0 Å². The molecule has 0 saturated carbocycles. The molecular weight excluding hydrogens is 278 g/mol. The van der Waals surface area contributed by atoms with E-state index in [0.717, 1.165) is 38.8 Å². The van der Waals surface area contributed by atoms with Crippen molar-refractivity contribution in [1.82, 2.24) is 15.2 Å². The number of ketones is 1. The van der Waals surface area contributed by atoms with Crippen LogP contribution in [0.4, 0.5) is 0 Å². The van der Waals surface area contributed by atoms with Crippen molar-refractivity contribution in [3.63, 3.8) is 0 Å². The van der Waals surface area contributed by atoms with Crippen molar-refractivity contribution in [3.05, 3.63) is 30.1 Å².